The average molecular weight is 299 g/mol. The number of hydrogen-bond donors (Lipinski definition) is 1. The summed E-state index contributed by atoms with van der Waals surface area (Å²) in [7, 11) is -2.90. The van der Waals surface area contributed by atoms with E-state index in [1.165, 1.54) is 31.4 Å². The molecule has 0 aromatic heterocycles. The van der Waals surface area contributed by atoms with Gasteiger partial charge in [0.05, 0.1) is 12.8 Å². The minimum absolute atomic E-state index is 0.0322. The number of para-hydroxylation sites is 1. The van der Waals surface area contributed by atoms with E-state index < -0.39 is 26.6 Å². The number of sulfonamides is 1. The molecule has 0 bridgehead atoms. The van der Waals surface area contributed by atoms with Crippen LogP contribution in [-0.4, -0.2) is 15.5 Å². The smallest absolute Gasteiger partial charge is 0.265 e. The summed E-state index contributed by atoms with van der Waals surface area (Å²) >= 11 is 0. The molecule has 2 aromatic rings. The van der Waals surface area contributed by atoms with E-state index in [1.807, 2.05) is 0 Å². The minimum Gasteiger partial charge on any atom is -0.495 e. The van der Waals surface area contributed by atoms with Crippen molar-refractivity contribution in [3.63, 3.8) is 0 Å². The van der Waals surface area contributed by atoms with Crippen LogP contribution in [0.15, 0.2) is 47.4 Å². The number of hydrogen-bond acceptors (Lipinski definition) is 3. The highest BCUT2D eigenvalue weighted by Crippen LogP contribution is 2.27. The van der Waals surface area contributed by atoms with E-state index in [4.69, 9.17) is 4.74 Å². The zero-order chi connectivity index (χ0) is 14.8. The van der Waals surface area contributed by atoms with Crippen LogP contribution in [0.4, 0.5) is 14.5 Å². The fourth-order valence-corrected chi connectivity index (χ4v) is 2.85. The van der Waals surface area contributed by atoms with E-state index in [-0.39, 0.29) is 11.4 Å². The molecule has 7 heteroatoms. The monoisotopic (exact) mass is 299 g/mol. The number of halogens is 2. The lowest BCUT2D eigenvalue weighted by Crippen LogP contribution is -2.15. The Morgan fingerprint density at radius 2 is 1.80 bits per heavy atom. The number of rotatable bonds is 4. The Morgan fingerprint density at radius 3 is 2.45 bits per heavy atom. The van der Waals surface area contributed by atoms with Gasteiger partial charge in [-0.25, -0.2) is 17.2 Å². The highest BCUT2D eigenvalue weighted by Gasteiger charge is 2.21. The summed E-state index contributed by atoms with van der Waals surface area (Å²) in [5.74, 6) is -1.50. The van der Waals surface area contributed by atoms with Crippen LogP contribution < -0.4 is 9.46 Å². The van der Waals surface area contributed by atoms with Crippen molar-refractivity contribution in [3.05, 3.63) is 54.1 Å². The van der Waals surface area contributed by atoms with Crippen LogP contribution in [0.3, 0.4) is 0 Å². The number of benzene rings is 2. The van der Waals surface area contributed by atoms with E-state index in [9.17, 15) is 17.2 Å². The molecular weight excluding hydrogens is 288 g/mol. The first-order valence-corrected chi connectivity index (χ1v) is 7.03. The van der Waals surface area contributed by atoms with Gasteiger partial charge < -0.3 is 4.74 Å². The summed E-state index contributed by atoms with van der Waals surface area (Å²) in [6.07, 6.45) is 0. The van der Waals surface area contributed by atoms with Gasteiger partial charge in [-0.3, -0.25) is 4.72 Å². The third-order valence-corrected chi connectivity index (χ3v) is 3.92. The van der Waals surface area contributed by atoms with Crippen molar-refractivity contribution >= 4 is 15.7 Å². The predicted molar refractivity (Wildman–Crippen MR) is 70.2 cm³/mol. The molecule has 0 amide bonds. The summed E-state index contributed by atoms with van der Waals surface area (Å²) in [6.45, 7) is 0. The zero-order valence-corrected chi connectivity index (χ0v) is 11.2. The van der Waals surface area contributed by atoms with Gasteiger partial charge in [0, 0.05) is 0 Å². The number of methoxy groups -OCH3 is 1. The maximum atomic E-state index is 13.5. The second kappa shape index (κ2) is 5.46. The fraction of sp³-hybridized carbons (Fsp3) is 0.0769. The van der Waals surface area contributed by atoms with Crippen LogP contribution in [0.1, 0.15) is 0 Å². The topological polar surface area (TPSA) is 55.4 Å². The van der Waals surface area contributed by atoms with Gasteiger partial charge in [-0.05, 0) is 30.3 Å². The SMILES string of the molecule is COc1ccc(F)cc1S(=O)(=O)Nc1ccccc1F. The van der Waals surface area contributed by atoms with Crippen molar-refractivity contribution in [2.24, 2.45) is 0 Å². The minimum atomic E-state index is -4.16. The van der Waals surface area contributed by atoms with Crippen molar-refractivity contribution in [2.45, 2.75) is 4.90 Å². The van der Waals surface area contributed by atoms with Crippen molar-refractivity contribution in [1.29, 1.82) is 0 Å². The number of ether oxygens (including phenoxy) is 1. The Bertz CT molecular complexity index is 732. The standard InChI is InChI=1S/C13H11F2NO3S/c1-19-12-7-6-9(14)8-13(12)20(17,18)16-11-5-3-2-4-10(11)15/h2-8,16H,1H3. The molecule has 0 spiro atoms. The molecule has 0 heterocycles. The predicted octanol–water partition coefficient (Wildman–Crippen LogP) is 2.77. The molecule has 0 fully saturated rings. The average Bonchev–Trinajstić information content (AvgIpc) is 2.41. The maximum absolute atomic E-state index is 13.5. The molecule has 0 saturated carbocycles. The van der Waals surface area contributed by atoms with E-state index in [0.29, 0.717) is 0 Å². The lowest BCUT2D eigenvalue weighted by Gasteiger charge is -2.12. The Labute approximate surface area is 115 Å². The van der Waals surface area contributed by atoms with E-state index in [1.54, 1.807) is 0 Å². The Morgan fingerprint density at radius 1 is 1.10 bits per heavy atom. The van der Waals surface area contributed by atoms with Crippen LogP contribution in [0.25, 0.3) is 0 Å². The highest BCUT2D eigenvalue weighted by molar-refractivity contribution is 7.92. The van der Waals surface area contributed by atoms with Crippen LogP contribution in [-0.2, 0) is 10.0 Å². The molecule has 0 radical (unpaired) electrons. The zero-order valence-electron chi connectivity index (χ0n) is 10.4. The van der Waals surface area contributed by atoms with Crippen molar-refractivity contribution < 1.29 is 21.9 Å². The van der Waals surface area contributed by atoms with Gasteiger partial charge >= 0.3 is 0 Å². The first-order chi connectivity index (χ1) is 9.44. The maximum Gasteiger partial charge on any atom is 0.265 e. The summed E-state index contributed by atoms with van der Waals surface area (Å²) in [5, 5.41) is 0. The Kier molecular flexibility index (Phi) is 3.89. The molecule has 0 unspecified atom stereocenters. The molecule has 20 heavy (non-hydrogen) atoms. The summed E-state index contributed by atoms with van der Waals surface area (Å²) in [5.41, 5.74) is -0.223. The molecule has 0 saturated heterocycles. The van der Waals surface area contributed by atoms with Gasteiger partial charge in [0.25, 0.3) is 10.0 Å². The van der Waals surface area contributed by atoms with Gasteiger partial charge in [-0.2, -0.15) is 0 Å². The van der Waals surface area contributed by atoms with Gasteiger partial charge in [-0.15, -0.1) is 0 Å². The molecule has 106 valence electrons. The molecule has 0 atom stereocenters. The molecule has 2 rings (SSSR count). The highest BCUT2D eigenvalue weighted by atomic mass is 32.2. The second-order valence-corrected chi connectivity index (χ2v) is 5.53. The third kappa shape index (κ3) is 2.88. The first-order valence-electron chi connectivity index (χ1n) is 5.55. The van der Waals surface area contributed by atoms with E-state index in [0.717, 1.165) is 18.2 Å². The Hall–Kier alpha value is -2.15. The van der Waals surface area contributed by atoms with Crippen LogP contribution in [0.5, 0.6) is 5.75 Å². The molecule has 2 aromatic carbocycles. The van der Waals surface area contributed by atoms with Crippen LogP contribution >= 0.6 is 0 Å². The quantitative estimate of drug-likeness (QED) is 0.944. The van der Waals surface area contributed by atoms with Gasteiger partial charge in [-0.1, -0.05) is 12.1 Å². The molecule has 1 N–H and O–H groups in total. The lowest BCUT2D eigenvalue weighted by atomic mass is 10.3. The first kappa shape index (κ1) is 14.3. The van der Waals surface area contributed by atoms with Gasteiger partial charge in [0.15, 0.2) is 0 Å². The summed E-state index contributed by atoms with van der Waals surface area (Å²) in [4.78, 5) is -0.400. The molecule has 4 nitrogen and oxygen atoms in total. The normalized spacial score (nSPS) is 11.2. The van der Waals surface area contributed by atoms with Crippen LogP contribution in [0, 0.1) is 11.6 Å². The van der Waals surface area contributed by atoms with Gasteiger partial charge in [0.2, 0.25) is 0 Å². The number of anilines is 1. The van der Waals surface area contributed by atoms with Crippen molar-refractivity contribution in [1.82, 2.24) is 0 Å². The van der Waals surface area contributed by atoms with E-state index >= 15 is 0 Å². The molecule has 0 aliphatic rings. The van der Waals surface area contributed by atoms with Crippen molar-refractivity contribution in [2.75, 3.05) is 11.8 Å². The van der Waals surface area contributed by atoms with Crippen molar-refractivity contribution in [3.8, 4) is 5.75 Å². The van der Waals surface area contributed by atoms with E-state index in [2.05, 4.69) is 4.72 Å². The largest absolute Gasteiger partial charge is 0.495 e. The van der Waals surface area contributed by atoms with Gasteiger partial charge in [0.1, 0.15) is 22.3 Å². The van der Waals surface area contributed by atoms with Crippen LogP contribution in [0.2, 0.25) is 0 Å². The second-order valence-electron chi connectivity index (χ2n) is 3.88. The molecule has 0 aliphatic heterocycles. The molecular formula is C13H11F2NO3S. The summed E-state index contributed by atoms with van der Waals surface area (Å²) in [6, 6.07) is 8.34. The fourth-order valence-electron chi connectivity index (χ4n) is 1.60. The number of nitrogens with one attached hydrogen (secondary N) is 1. The molecule has 0 aliphatic carbocycles. The third-order valence-electron chi connectivity index (χ3n) is 2.53. The lowest BCUT2D eigenvalue weighted by molar-refractivity contribution is 0.401. The Balaban J connectivity index is 2.46. The summed E-state index contributed by atoms with van der Waals surface area (Å²) < 4.78 is 57.9.